The van der Waals surface area contributed by atoms with Crippen molar-refractivity contribution < 1.29 is 17.9 Å². The molecule has 0 saturated carbocycles. The molecule has 3 nitrogen and oxygen atoms in total. The maximum atomic E-state index is 12.8. The van der Waals surface area contributed by atoms with Crippen LogP contribution in [0.5, 0.6) is 0 Å². The summed E-state index contributed by atoms with van der Waals surface area (Å²) in [6, 6.07) is 5.52. The van der Waals surface area contributed by atoms with Crippen LogP contribution in [-0.2, 0) is 10.9 Å². The highest BCUT2D eigenvalue weighted by molar-refractivity contribution is 5.27. The molecule has 1 heterocycles. The average molecular weight is 302 g/mol. The minimum Gasteiger partial charge on any atom is -0.374 e. The highest BCUT2D eigenvalue weighted by Gasteiger charge is 2.31. The van der Waals surface area contributed by atoms with Crippen molar-refractivity contribution in [2.75, 3.05) is 33.3 Å². The first-order valence-corrected chi connectivity index (χ1v) is 7.09. The summed E-state index contributed by atoms with van der Waals surface area (Å²) in [7, 11) is 1.86. The summed E-state index contributed by atoms with van der Waals surface area (Å²) in [6.07, 6.45) is -4.22. The maximum absolute atomic E-state index is 12.8. The number of nitrogens with one attached hydrogen (secondary N) is 1. The third kappa shape index (κ3) is 4.18. The van der Waals surface area contributed by atoms with Gasteiger partial charge in [0, 0.05) is 25.7 Å². The van der Waals surface area contributed by atoms with Crippen molar-refractivity contribution in [1.82, 2.24) is 10.2 Å². The van der Waals surface area contributed by atoms with E-state index in [1.807, 2.05) is 14.0 Å². The number of rotatable bonds is 4. The number of benzene rings is 1. The Labute approximate surface area is 123 Å². The van der Waals surface area contributed by atoms with Crippen LogP contribution in [0.3, 0.4) is 0 Å². The van der Waals surface area contributed by atoms with Gasteiger partial charge in [0.1, 0.15) is 0 Å². The Hall–Kier alpha value is -1.11. The third-order valence-electron chi connectivity index (χ3n) is 3.85. The molecule has 6 heteroatoms. The Morgan fingerprint density at radius 3 is 2.86 bits per heavy atom. The van der Waals surface area contributed by atoms with E-state index >= 15 is 0 Å². The predicted molar refractivity (Wildman–Crippen MR) is 75.1 cm³/mol. The standard InChI is InChI=1S/C15H21F3N2O/c1-11(20-6-7-21-14(10-20)9-19-2)12-4-3-5-13(8-12)15(16,17)18/h3-5,8,11,14,19H,6-7,9-10H2,1-2H3. The smallest absolute Gasteiger partial charge is 0.374 e. The molecule has 1 aliphatic heterocycles. The van der Waals surface area contributed by atoms with Crippen molar-refractivity contribution >= 4 is 0 Å². The van der Waals surface area contributed by atoms with E-state index in [1.165, 1.54) is 12.1 Å². The van der Waals surface area contributed by atoms with Gasteiger partial charge in [0.25, 0.3) is 0 Å². The summed E-state index contributed by atoms with van der Waals surface area (Å²) in [5.41, 5.74) is 0.0989. The molecule has 0 bridgehead atoms. The fourth-order valence-corrected chi connectivity index (χ4v) is 2.63. The van der Waals surface area contributed by atoms with Crippen LogP contribution in [-0.4, -0.2) is 44.3 Å². The highest BCUT2D eigenvalue weighted by atomic mass is 19.4. The lowest BCUT2D eigenvalue weighted by Crippen LogP contribution is -2.46. The third-order valence-corrected chi connectivity index (χ3v) is 3.85. The molecule has 1 aliphatic rings. The molecule has 1 aromatic carbocycles. The number of alkyl halides is 3. The first kappa shape index (κ1) is 16.3. The molecule has 1 fully saturated rings. The Morgan fingerprint density at radius 1 is 1.43 bits per heavy atom. The van der Waals surface area contributed by atoms with Crippen molar-refractivity contribution in [1.29, 1.82) is 0 Å². The molecular weight excluding hydrogens is 281 g/mol. The zero-order valence-corrected chi connectivity index (χ0v) is 12.3. The molecule has 2 rings (SSSR count). The molecule has 2 atom stereocenters. The summed E-state index contributed by atoms with van der Waals surface area (Å²) in [4.78, 5) is 2.17. The van der Waals surface area contributed by atoms with E-state index in [1.54, 1.807) is 6.07 Å². The molecule has 1 saturated heterocycles. The second-order valence-electron chi connectivity index (χ2n) is 5.34. The molecule has 0 amide bonds. The van der Waals surface area contributed by atoms with E-state index in [2.05, 4.69) is 10.2 Å². The zero-order valence-electron chi connectivity index (χ0n) is 12.3. The lowest BCUT2D eigenvalue weighted by atomic mass is 10.0. The number of hydrogen-bond donors (Lipinski definition) is 1. The van der Waals surface area contributed by atoms with Gasteiger partial charge in [-0.2, -0.15) is 13.2 Å². The second-order valence-corrected chi connectivity index (χ2v) is 5.34. The minimum atomic E-state index is -4.30. The van der Waals surface area contributed by atoms with Crippen molar-refractivity contribution in [2.24, 2.45) is 0 Å². The van der Waals surface area contributed by atoms with E-state index in [-0.39, 0.29) is 12.1 Å². The number of ether oxygens (including phenoxy) is 1. The zero-order chi connectivity index (χ0) is 15.5. The first-order chi connectivity index (χ1) is 9.91. The summed E-state index contributed by atoms with van der Waals surface area (Å²) >= 11 is 0. The fraction of sp³-hybridized carbons (Fsp3) is 0.600. The van der Waals surface area contributed by atoms with E-state index in [9.17, 15) is 13.2 Å². The van der Waals surface area contributed by atoms with Gasteiger partial charge in [-0.3, -0.25) is 4.90 Å². The molecule has 1 aromatic rings. The van der Waals surface area contributed by atoms with Crippen LogP contribution in [0, 0.1) is 0 Å². The number of nitrogens with zero attached hydrogens (tertiary/aromatic N) is 1. The van der Waals surface area contributed by atoms with E-state index < -0.39 is 11.7 Å². The monoisotopic (exact) mass is 302 g/mol. The second kappa shape index (κ2) is 6.77. The molecule has 0 spiro atoms. The molecule has 0 aromatic heterocycles. The molecule has 1 N–H and O–H groups in total. The van der Waals surface area contributed by atoms with Crippen molar-refractivity contribution in [3.05, 3.63) is 35.4 Å². The van der Waals surface area contributed by atoms with Gasteiger partial charge in [0.15, 0.2) is 0 Å². The highest BCUT2D eigenvalue weighted by Crippen LogP contribution is 2.32. The quantitative estimate of drug-likeness (QED) is 0.925. The summed E-state index contributed by atoms with van der Waals surface area (Å²) in [6.45, 7) is 4.74. The van der Waals surface area contributed by atoms with Crippen LogP contribution >= 0.6 is 0 Å². The van der Waals surface area contributed by atoms with Crippen molar-refractivity contribution in [3.63, 3.8) is 0 Å². The molecule has 0 aliphatic carbocycles. The number of likely N-dealkylation sites (N-methyl/N-ethyl adjacent to an activating group) is 1. The average Bonchev–Trinajstić information content (AvgIpc) is 2.46. The first-order valence-electron chi connectivity index (χ1n) is 7.09. The van der Waals surface area contributed by atoms with Gasteiger partial charge in [-0.1, -0.05) is 12.1 Å². The van der Waals surface area contributed by atoms with Gasteiger partial charge in [0.2, 0.25) is 0 Å². The predicted octanol–water partition coefficient (Wildman–Crippen LogP) is 2.69. The molecule has 0 radical (unpaired) electrons. The Kier molecular flexibility index (Phi) is 5.24. The summed E-state index contributed by atoms with van der Waals surface area (Å²) in [5.74, 6) is 0. The summed E-state index contributed by atoms with van der Waals surface area (Å²) in [5, 5.41) is 3.07. The normalized spacial score (nSPS) is 22.2. The molecular formula is C15H21F3N2O. The van der Waals surface area contributed by atoms with E-state index in [0.717, 1.165) is 25.7 Å². The number of hydrogen-bond acceptors (Lipinski definition) is 3. The lowest BCUT2D eigenvalue weighted by Gasteiger charge is -2.37. The molecule has 118 valence electrons. The van der Waals surface area contributed by atoms with Gasteiger partial charge in [-0.05, 0) is 31.7 Å². The largest absolute Gasteiger partial charge is 0.416 e. The van der Waals surface area contributed by atoms with Gasteiger partial charge in [-0.15, -0.1) is 0 Å². The van der Waals surface area contributed by atoms with Gasteiger partial charge in [0.05, 0.1) is 18.3 Å². The molecule has 21 heavy (non-hydrogen) atoms. The SMILES string of the molecule is CNCC1CN(C(C)c2cccc(C(F)(F)F)c2)CCO1. The van der Waals surface area contributed by atoms with Crippen LogP contribution < -0.4 is 5.32 Å². The Balaban J connectivity index is 2.10. The maximum Gasteiger partial charge on any atom is 0.416 e. The van der Waals surface area contributed by atoms with Crippen LogP contribution in [0.15, 0.2) is 24.3 Å². The van der Waals surface area contributed by atoms with Gasteiger partial charge >= 0.3 is 6.18 Å². The number of halogens is 3. The van der Waals surface area contributed by atoms with Crippen LogP contribution in [0.4, 0.5) is 13.2 Å². The van der Waals surface area contributed by atoms with Gasteiger partial charge < -0.3 is 10.1 Å². The van der Waals surface area contributed by atoms with Crippen LogP contribution in [0.1, 0.15) is 24.1 Å². The lowest BCUT2D eigenvalue weighted by molar-refractivity contribution is -0.137. The Morgan fingerprint density at radius 2 is 2.19 bits per heavy atom. The summed E-state index contributed by atoms with van der Waals surface area (Å²) < 4.78 is 44.0. The van der Waals surface area contributed by atoms with E-state index in [4.69, 9.17) is 4.74 Å². The minimum absolute atomic E-state index is 0.0597. The Bertz CT molecular complexity index is 462. The van der Waals surface area contributed by atoms with E-state index in [0.29, 0.717) is 12.2 Å². The topological polar surface area (TPSA) is 24.5 Å². The van der Waals surface area contributed by atoms with Crippen LogP contribution in [0.2, 0.25) is 0 Å². The van der Waals surface area contributed by atoms with Gasteiger partial charge in [-0.25, -0.2) is 0 Å². The number of morpholine rings is 1. The van der Waals surface area contributed by atoms with Crippen molar-refractivity contribution in [3.8, 4) is 0 Å². The van der Waals surface area contributed by atoms with Crippen molar-refractivity contribution in [2.45, 2.75) is 25.2 Å². The van der Waals surface area contributed by atoms with Crippen LogP contribution in [0.25, 0.3) is 0 Å². The fourth-order valence-electron chi connectivity index (χ4n) is 2.63. The molecule has 2 unspecified atom stereocenters.